The zero-order valence-corrected chi connectivity index (χ0v) is 22.8. The summed E-state index contributed by atoms with van der Waals surface area (Å²) in [7, 11) is 3.06. The molecule has 6 N–H and O–H groups in total. The van der Waals surface area contributed by atoms with Crippen LogP contribution >= 0.6 is 0 Å². The first kappa shape index (κ1) is 30.7. The van der Waals surface area contributed by atoms with Gasteiger partial charge in [0.1, 0.15) is 17.3 Å². The SMILES string of the molecule is CO/C1=C/[C@H](C)C[C@@H](OC)C[C@H](C)[C@@H](O)c2cc(O)cc(c2O)NC(=O)/C(C)=C/C=C\[C@H](C)[C@H]1OC(N)=O. The summed E-state index contributed by atoms with van der Waals surface area (Å²) in [6.45, 7) is 7.17. The summed E-state index contributed by atoms with van der Waals surface area (Å²) in [5.41, 5.74) is 5.70. The number of fused-ring (bicyclic) bond motifs is 2. The lowest BCUT2D eigenvalue weighted by molar-refractivity contribution is -0.112. The number of rotatable bonds is 3. The smallest absolute Gasteiger partial charge is 0.405 e. The van der Waals surface area contributed by atoms with Crippen LogP contribution in [0.5, 0.6) is 11.5 Å². The van der Waals surface area contributed by atoms with E-state index in [1.54, 1.807) is 39.2 Å². The molecule has 10 heteroatoms. The number of amides is 2. The molecule has 1 aromatic rings. The van der Waals surface area contributed by atoms with E-state index in [2.05, 4.69) is 5.32 Å². The summed E-state index contributed by atoms with van der Waals surface area (Å²) in [6.07, 6.45) is 4.61. The number of aromatic hydroxyl groups is 2. The molecule has 0 unspecified atom stereocenters. The van der Waals surface area contributed by atoms with E-state index < -0.39 is 24.2 Å². The molecule has 6 atom stereocenters. The Morgan fingerprint density at radius 1 is 1.13 bits per heavy atom. The van der Waals surface area contributed by atoms with Gasteiger partial charge >= 0.3 is 6.09 Å². The monoisotopic (exact) mass is 532 g/mol. The third-order valence-corrected chi connectivity index (χ3v) is 6.64. The van der Waals surface area contributed by atoms with Crippen LogP contribution in [0.1, 0.15) is 52.2 Å². The number of aliphatic hydroxyl groups is 1. The summed E-state index contributed by atoms with van der Waals surface area (Å²) in [5.74, 6) is -1.45. The lowest BCUT2D eigenvalue weighted by Gasteiger charge is -2.27. The van der Waals surface area contributed by atoms with Gasteiger partial charge in [0.25, 0.3) is 5.91 Å². The predicted molar refractivity (Wildman–Crippen MR) is 143 cm³/mol. The Hall–Kier alpha value is -3.50. The molecular weight excluding hydrogens is 492 g/mol. The second-order valence-electron chi connectivity index (χ2n) is 9.84. The molecule has 1 aromatic carbocycles. The Morgan fingerprint density at radius 3 is 2.42 bits per heavy atom. The minimum atomic E-state index is -1.15. The van der Waals surface area contributed by atoms with Crippen LogP contribution in [0.25, 0.3) is 0 Å². The number of phenols is 2. The van der Waals surface area contributed by atoms with Crippen LogP contribution in [-0.2, 0) is 19.0 Å². The topological polar surface area (TPSA) is 161 Å². The lowest BCUT2D eigenvalue weighted by Crippen LogP contribution is -2.30. The zero-order chi connectivity index (χ0) is 28.6. The number of ether oxygens (including phenoxy) is 3. The standard InChI is InChI=1S/C28H40N2O8/c1-15-10-20(36-5)12-18(4)24(32)21-13-19(31)14-22(25(21)33)30-27(34)17(3)9-7-8-16(2)26(38-28(29)35)23(11-15)37-6/h7-9,11,13-16,18,20,24,26,31-33H,10,12H2,1-6H3,(H2,29,35)(H,30,34)/b8-7-,17-9+,23-11+/t15-,16+,18+,20-,24-,26-/m1/s1. The number of hydrogen-bond acceptors (Lipinski definition) is 8. The number of hydrogen-bond donors (Lipinski definition) is 5. The fourth-order valence-corrected chi connectivity index (χ4v) is 4.47. The van der Waals surface area contributed by atoms with Crippen molar-refractivity contribution in [3.8, 4) is 11.5 Å². The maximum absolute atomic E-state index is 12.8. The van der Waals surface area contributed by atoms with Crippen LogP contribution in [0.4, 0.5) is 10.5 Å². The fraction of sp³-hybridized carbons (Fsp3) is 0.500. The molecule has 38 heavy (non-hydrogen) atoms. The molecule has 1 aliphatic rings. The van der Waals surface area contributed by atoms with Gasteiger partial charge in [0, 0.05) is 30.2 Å². The summed E-state index contributed by atoms with van der Waals surface area (Å²) in [4.78, 5) is 24.4. The van der Waals surface area contributed by atoms with Gasteiger partial charge in [-0.3, -0.25) is 4.79 Å². The maximum atomic E-state index is 12.8. The second-order valence-corrected chi connectivity index (χ2v) is 9.84. The van der Waals surface area contributed by atoms with Gasteiger partial charge in [-0.05, 0) is 43.7 Å². The van der Waals surface area contributed by atoms with Crippen LogP contribution in [-0.4, -0.2) is 53.7 Å². The van der Waals surface area contributed by atoms with E-state index in [1.165, 1.54) is 19.2 Å². The van der Waals surface area contributed by atoms with E-state index in [9.17, 15) is 24.9 Å². The Balaban J connectivity index is 2.57. The van der Waals surface area contributed by atoms with E-state index in [1.807, 2.05) is 19.9 Å². The maximum Gasteiger partial charge on any atom is 0.405 e. The highest BCUT2D eigenvalue weighted by atomic mass is 16.6. The van der Waals surface area contributed by atoms with Gasteiger partial charge in [-0.25, -0.2) is 4.79 Å². The van der Waals surface area contributed by atoms with Crippen LogP contribution in [0.3, 0.4) is 0 Å². The van der Waals surface area contributed by atoms with Crippen molar-refractivity contribution in [2.45, 2.75) is 58.8 Å². The minimum absolute atomic E-state index is 0.0277. The van der Waals surface area contributed by atoms with Gasteiger partial charge in [-0.15, -0.1) is 0 Å². The highest BCUT2D eigenvalue weighted by Gasteiger charge is 2.28. The van der Waals surface area contributed by atoms with Crippen molar-refractivity contribution in [1.82, 2.24) is 0 Å². The van der Waals surface area contributed by atoms with Crippen molar-refractivity contribution in [2.24, 2.45) is 23.5 Å². The van der Waals surface area contributed by atoms with Crippen molar-refractivity contribution >= 4 is 17.7 Å². The summed E-state index contributed by atoms with van der Waals surface area (Å²) in [6, 6.07) is 2.49. The van der Waals surface area contributed by atoms with Crippen molar-refractivity contribution in [3.63, 3.8) is 0 Å². The Morgan fingerprint density at radius 2 is 1.82 bits per heavy atom. The Labute approximate surface area is 223 Å². The van der Waals surface area contributed by atoms with Gasteiger partial charge in [0.2, 0.25) is 0 Å². The average Bonchev–Trinajstić information content (AvgIpc) is 2.85. The summed E-state index contributed by atoms with van der Waals surface area (Å²) in [5, 5.41) is 34.7. The Kier molecular flexibility index (Phi) is 11.2. The number of allylic oxidation sites excluding steroid dienone is 3. The summed E-state index contributed by atoms with van der Waals surface area (Å²) >= 11 is 0. The molecular formula is C28H40N2O8. The van der Waals surface area contributed by atoms with E-state index >= 15 is 0 Å². The summed E-state index contributed by atoms with van der Waals surface area (Å²) < 4.78 is 16.6. The number of primary amides is 1. The van der Waals surface area contributed by atoms with Crippen molar-refractivity contribution < 1.29 is 39.1 Å². The molecule has 2 rings (SSSR count). The quantitative estimate of drug-likeness (QED) is 0.285. The van der Waals surface area contributed by atoms with Gasteiger partial charge in [-0.2, -0.15) is 0 Å². The molecule has 0 saturated heterocycles. The molecule has 0 spiro atoms. The van der Waals surface area contributed by atoms with E-state index in [0.29, 0.717) is 24.2 Å². The highest BCUT2D eigenvalue weighted by Crippen LogP contribution is 2.40. The number of benzene rings is 1. The second kappa shape index (κ2) is 13.9. The average molecular weight is 533 g/mol. The minimum Gasteiger partial charge on any atom is -0.508 e. The first-order valence-electron chi connectivity index (χ1n) is 12.5. The van der Waals surface area contributed by atoms with Gasteiger partial charge in [0.15, 0.2) is 6.10 Å². The van der Waals surface area contributed by atoms with Gasteiger partial charge in [-0.1, -0.05) is 39.0 Å². The number of nitrogens with one attached hydrogen (secondary N) is 1. The number of carbonyl (C=O) groups excluding carboxylic acids is 2. The predicted octanol–water partition coefficient (Wildman–Crippen LogP) is 4.28. The first-order chi connectivity index (χ1) is 17.9. The number of aliphatic hydroxyl groups excluding tert-OH is 1. The number of phenolic OH excluding ortho intramolecular Hbond substituents is 2. The van der Waals surface area contributed by atoms with Gasteiger partial charge in [0.05, 0.1) is 25.0 Å². The van der Waals surface area contributed by atoms with E-state index in [-0.39, 0.29) is 46.6 Å². The third-order valence-electron chi connectivity index (χ3n) is 6.64. The molecule has 0 aliphatic carbocycles. The normalized spacial score (nSPS) is 31.2. The molecule has 1 heterocycles. The van der Waals surface area contributed by atoms with Gasteiger partial charge < -0.3 is 40.6 Å². The molecule has 1 aliphatic heterocycles. The third kappa shape index (κ3) is 8.26. The molecule has 2 amide bonds. The molecule has 0 aromatic heterocycles. The van der Waals surface area contributed by atoms with Crippen LogP contribution in [0.15, 0.2) is 47.8 Å². The molecule has 0 radical (unpaired) electrons. The molecule has 2 bridgehead atoms. The number of methoxy groups -OCH3 is 2. The molecule has 10 nitrogen and oxygen atoms in total. The zero-order valence-electron chi connectivity index (χ0n) is 22.8. The molecule has 210 valence electrons. The largest absolute Gasteiger partial charge is 0.508 e. The number of nitrogens with two attached hydrogens (primary N) is 1. The number of anilines is 1. The number of carbonyl (C=O) groups is 2. The Bertz CT molecular complexity index is 1080. The van der Waals surface area contributed by atoms with Crippen molar-refractivity contribution in [3.05, 3.63) is 53.3 Å². The first-order valence-corrected chi connectivity index (χ1v) is 12.5. The van der Waals surface area contributed by atoms with Crippen LogP contribution < -0.4 is 11.1 Å². The van der Waals surface area contributed by atoms with E-state index in [0.717, 1.165) is 0 Å². The van der Waals surface area contributed by atoms with Crippen molar-refractivity contribution in [2.75, 3.05) is 19.5 Å². The van der Waals surface area contributed by atoms with Crippen LogP contribution in [0, 0.1) is 17.8 Å². The van der Waals surface area contributed by atoms with E-state index in [4.69, 9.17) is 19.9 Å². The fourth-order valence-electron chi connectivity index (χ4n) is 4.47. The molecule has 0 fully saturated rings. The van der Waals surface area contributed by atoms with Crippen molar-refractivity contribution in [1.29, 1.82) is 0 Å². The molecule has 0 saturated carbocycles. The lowest BCUT2D eigenvalue weighted by atomic mass is 9.88. The van der Waals surface area contributed by atoms with Crippen LogP contribution in [0.2, 0.25) is 0 Å². The highest BCUT2D eigenvalue weighted by molar-refractivity contribution is 6.04.